The molecule has 0 fully saturated rings. The predicted octanol–water partition coefficient (Wildman–Crippen LogP) is 4.17. The van der Waals surface area contributed by atoms with Gasteiger partial charge in [-0.05, 0) is 58.7 Å². The summed E-state index contributed by atoms with van der Waals surface area (Å²) < 4.78 is 10.5. The van der Waals surface area contributed by atoms with E-state index >= 15 is 0 Å². The van der Waals surface area contributed by atoms with Gasteiger partial charge in [-0.2, -0.15) is 0 Å². The number of ketones is 1. The summed E-state index contributed by atoms with van der Waals surface area (Å²) in [6.45, 7) is 0. The zero-order valence-corrected chi connectivity index (χ0v) is 14.9. The van der Waals surface area contributed by atoms with Crippen LogP contribution in [-0.4, -0.2) is 25.9 Å². The number of hydrogen-bond acceptors (Lipinski definition) is 4. The molecule has 0 saturated heterocycles. The van der Waals surface area contributed by atoms with Gasteiger partial charge in [0.2, 0.25) is 0 Å². The van der Waals surface area contributed by atoms with Crippen LogP contribution in [0.2, 0.25) is 0 Å². The fourth-order valence-corrected chi connectivity index (χ4v) is 3.21. The van der Waals surface area contributed by atoms with Crippen LogP contribution in [0.3, 0.4) is 0 Å². The van der Waals surface area contributed by atoms with E-state index in [1.807, 2.05) is 54.6 Å². The third-order valence-electron chi connectivity index (χ3n) is 4.66. The minimum atomic E-state index is -0.599. The molecular weight excluding hydrogens is 342 g/mol. The normalized spacial score (nSPS) is 12.5. The molecule has 0 bridgehead atoms. The molecule has 1 heterocycles. The van der Waals surface area contributed by atoms with Crippen molar-refractivity contribution < 1.29 is 19.1 Å². The van der Waals surface area contributed by atoms with Gasteiger partial charge in [0.05, 0.1) is 25.5 Å². The quantitative estimate of drug-likeness (QED) is 0.710. The van der Waals surface area contributed by atoms with E-state index in [2.05, 4.69) is 5.32 Å². The van der Waals surface area contributed by atoms with E-state index in [1.165, 1.54) is 0 Å². The molecule has 0 aromatic heterocycles. The smallest absolute Gasteiger partial charge is 0.296 e. The molecule has 1 N–H and O–H groups in total. The summed E-state index contributed by atoms with van der Waals surface area (Å²) in [6.07, 6.45) is 0. The highest BCUT2D eigenvalue weighted by molar-refractivity contribution is 6.51. The Bertz CT molecular complexity index is 1040. The van der Waals surface area contributed by atoms with Gasteiger partial charge in [0, 0.05) is 0 Å². The number of fused-ring (bicyclic) bond motifs is 1. The van der Waals surface area contributed by atoms with Crippen LogP contribution < -0.4 is 14.8 Å². The summed E-state index contributed by atoms with van der Waals surface area (Å²) in [5, 5.41) is 2.64. The maximum Gasteiger partial charge on any atom is 0.296 e. The van der Waals surface area contributed by atoms with Gasteiger partial charge >= 0.3 is 0 Å². The largest absolute Gasteiger partial charge is 0.497 e. The summed E-state index contributed by atoms with van der Waals surface area (Å²) in [6, 6.07) is 18.9. The number of nitrogens with one attached hydrogen (secondary N) is 1. The number of Topliss-reactive ketones (excluding diaryl/α,β-unsaturated/α-hetero) is 1. The van der Waals surface area contributed by atoms with Gasteiger partial charge in [0.15, 0.2) is 0 Å². The van der Waals surface area contributed by atoms with Crippen LogP contribution in [0.4, 0.5) is 5.69 Å². The number of methoxy groups -OCH3 is 2. The Morgan fingerprint density at radius 3 is 1.63 bits per heavy atom. The van der Waals surface area contributed by atoms with Crippen molar-refractivity contribution in [2.45, 2.75) is 0 Å². The molecule has 3 aromatic carbocycles. The second-order valence-electron chi connectivity index (χ2n) is 6.18. The van der Waals surface area contributed by atoms with Crippen LogP contribution >= 0.6 is 0 Å². The fourth-order valence-electron chi connectivity index (χ4n) is 3.21. The van der Waals surface area contributed by atoms with Gasteiger partial charge < -0.3 is 14.8 Å². The van der Waals surface area contributed by atoms with Crippen molar-refractivity contribution in [3.05, 3.63) is 66.2 Å². The topological polar surface area (TPSA) is 64.6 Å². The Kier molecular flexibility index (Phi) is 4.12. The first-order valence-corrected chi connectivity index (χ1v) is 8.43. The molecule has 0 radical (unpaired) electrons. The molecule has 0 aliphatic carbocycles. The van der Waals surface area contributed by atoms with Crippen molar-refractivity contribution in [1.82, 2.24) is 0 Å². The molecule has 4 rings (SSSR count). The highest BCUT2D eigenvalue weighted by atomic mass is 16.5. The van der Waals surface area contributed by atoms with Crippen LogP contribution in [0.1, 0.15) is 10.4 Å². The van der Waals surface area contributed by atoms with Gasteiger partial charge in [-0.15, -0.1) is 0 Å². The van der Waals surface area contributed by atoms with E-state index in [1.54, 1.807) is 20.3 Å². The average Bonchev–Trinajstić information content (AvgIpc) is 3.00. The first kappa shape index (κ1) is 16.8. The molecule has 0 atom stereocenters. The standard InChI is InChI=1S/C22H17NO4/c1-26-15-7-3-13(4-8-15)17-11-19-20(23-22(25)21(19)24)12-18(17)14-5-9-16(27-2)10-6-14/h3-12H,1-2H3,(H,23,24,25). The molecule has 0 saturated carbocycles. The molecule has 5 nitrogen and oxygen atoms in total. The van der Waals surface area contributed by atoms with Crippen LogP contribution in [0, 0.1) is 0 Å². The number of rotatable bonds is 4. The Labute approximate surface area is 156 Å². The minimum Gasteiger partial charge on any atom is -0.497 e. The number of hydrogen-bond donors (Lipinski definition) is 1. The lowest BCUT2D eigenvalue weighted by Crippen LogP contribution is -2.12. The van der Waals surface area contributed by atoms with Crippen LogP contribution in [-0.2, 0) is 4.79 Å². The van der Waals surface area contributed by atoms with Crippen molar-refractivity contribution in [3.63, 3.8) is 0 Å². The Morgan fingerprint density at radius 2 is 1.15 bits per heavy atom. The summed E-state index contributed by atoms with van der Waals surface area (Å²) in [7, 11) is 3.23. The summed E-state index contributed by atoms with van der Waals surface area (Å²) in [5.74, 6) is 0.395. The van der Waals surface area contributed by atoms with Gasteiger partial charge in [-0.25, -0.2) is 0 Å². The van der Waals surface area contributed by atoms with E-state index in [0.29, 0.717) is 11.3 Å². The predicted molar refractivity (Wildman–Crippen MR) is 103 cm³/mol. The highest BCUT2D eigenvalue weighted by Gasteiger charge is 2.29. The second-order valence-corrected chi connectivity index (χ2v) is 6.18. The van der Waals surface area contributed by atoms with Gasteiger partial charge in [0.1, 0.15) is 11.5 Å². The molecule has 1 amide bonds. The molecule has 134 valence electrons. The number of benzene rings is 3. The molecule has 27 heavy (non-hydrogen) atoms. The van der Waals surface area contributed by atoms with Crippen molar-refractivity contribution in [2.75, 3.05) is 19.5 Å². The van der Waals surface area contributed by atoms with E-state index in [0.717, 1.165) is 33.8 Å². The first-order chi connectivity index (χ1) is 13.1. The molecule has 1 aliphatic rings. The Morgan fingerprint density at radius 1 is 0.667 bits per heavy atom. The van der Waals surface area contributed by atoms with Crippen LogP contribution in [0.25, 0.3) is 22.3 Å². The maximum absolute atomic E-state index is 12.2. The number of carbonyl (C=O) groups excluding carboxylic acids is 2. The summed E-state index contributed by atoms with van der Waals surface area (Å²) in [5.41, 5.74) is 4.59. The minimum absolute atomic E-state index is 0.392. The zero-order chi connectivity index (χ0) is 19.0. The van der Waals surface area contributed by atoms with Crippen molar-refractivity contribution in [2.24, 2.45) is 0 Å². The third-order valence-corrected chi connectivity index (χ3v) is 4.66. The third kappa shape index (κ3) is 2.93. The van der Waals surface area contributed by atoms with E-state index in [9.17, 15) is 9.59 Å². The number of anilines is 1. The number of amides is 1. The first-order valence-electron chi connectivity index (χ1n) is 8.43. The second kappa shape index (κ2) is 6.61. The lowest BCUT2D eigenvalue weighted by molar-refractivity contribution is -0.112. The van der Waals surface area contributed by atoms with Gasteiger partial charge in [0.25, 0.3) is 11.7 Å². The molecule has 0 spiro atoms. The summed E-state index contributed by atoms with van der Waals surface area (Å²) >= 11 is 0. The summed E-state index contributed by atoms with van der Waals surface area (Å²) in [4.78, 5) is 24.0. The van der Waals surface area contributed by atoms with Crippen molar-refractivity contribution >= 4 is 17.4 Å². The average molecular weight is 359 g/mol. The molecule has 0 unspecified atom stereocenters. The van der Waals surface area contributed by atoms with E-state index in [4.69, 9.17) is 9.47 Å². The molecule has 3 aromatic rings. The Balaban J connectivity index is 1.91. The number of carbonyl (C=O) groups is 2. The monoisotopic (exact) mass is 359 g/mol. The highest BCUT2D eigenvalue weighted by Crippen LogP contribution is 2.39. The SMILES string of the molecule is COc1ccc(-c2cc3c(cc2-c2ccc(OC)cc2)C(=O)C(=O)N3)cc1. The van der Waals surface area contributed by atoms with Crippen molar-refractivity contribution in [3.8, 4) is 33.8 Å². The molecule has 1 aliphatic heterocycles. The van der Waals surface area contributed by atoms with Gasteiger partial charge in [-0.1, -0.05) is 24.3 Å². The molecule has 5 heteroatoms. The van der Waals surface area contributed by atoms with E-state index < -0.39 is 11.7 Å². The number of ether oxygens (including phenoxy) is 2. The van der Waals surface area contributed by atoms with Crippen molar-refractivity contribution in [1.29, 1.82) is 0 Å². The lowest BCUT2D eigenvalue weighted by atomic mass is 9.91. The lowest BCUT2D eigenvalue weighted by Gasteiger charge is -2.13. The van der Waals surface area contributed by atoms with Gasteiger partial charge in [-0.3, -0.25) is 9.59 Å². The maximum atomic E-state index is 12.2. The Hall–Kier alpha value is -3.60. The van der Waals surface area contributed by atoms with E-state index in [-0.39, 0.29) is 0 Å². The fraction of sp³-hybridized carbons (Fsp3) is 0.0909. The van der Waals surface area contributed by atoms with Crippen LogP contribution in [0.15, 0.2) is 60.7 Å². The van der Waals surface area contributed by atoms with Crippen LogP contribution in [0.5, 0.6) is 11.5 Å². The molecular formula is C22H17NO4. The zero-order valence-electron chi connectivity index (χ0n) is 14.9.